The highest BCUT2D eigenvalue weighted by Crippen LogP contribution is 2.31. The first-order chi connectivity index (χ1) is 15.9. The van der Waals surface area contributed by atoms with E-state index in [1.807, 2.05) is 31.2 Å². The van der Waals surface area contributed by atoms with Gasteiger partial charge in [0.2, 0.25) is 0 Å². The normalized spacial score (nSPS) is 14.4. The molecule has 1 heterocycles. The number of carbonyl (C=O) groups is 2. The molecular formula is C25H19ClN2O4S. The standard InChI is InChI=1S/C25H19ClN2O4S/c1-15-7-3-6-10-20(15)28-23(29)19(27-25(28)33)13-16-11-12-21(22(14-16)31-2)32-24(30)17-8-4-5-9-18(17)26/h3-14H,1-2H3,(H,27,33)/b19-13-. The van der Waals surface area contributed by atoms with E-state index >= 15 is 0 Å². The zero-order chi connectivity index (χ0) is 23.5. The summed E-state index contributed by atoms with van der Waals surface area (Å²) in [5, 5.41) is 3.57. The number of aryl methyl sites for hydroxylation is 1. The van der Waals surface area contributed by atoms with Gasteiger partial charge in [0, 0.05) is 0 Å². The first-order valence-corrected chi connectivity index (χ1v) is 10.7. The first-order valence-electron chi connectivity index (χ1n) is 9.96. The summed E-state index contributed by atoms with van der Waals surface area (Å²) >= 11 is 11.5. The smallest absolute Gasteiger partial charge is 0.345 e. The monoisotopic (exact) mass is 478 g/mol. The molecule has 4 rings (SSSR count). The molecule has 0 radical (unpaired) electrons. The van der Waals surface area contributed by atoms with Crippen molar-refractivity contribution in [1.82, 2.24) is 5.32 Å². The maximum absolute atomic E-state index is 13.0. The molecule has 0 spiro atoms. The van der Waals surface area contributed by atoms with Crippen molar-refractivity contribution in [3.63, 3.8) is 0 Å². The Kier molecular flexibility index (Phi) is 6.44. The minimum absolute atomic E-state index is 0.229. The van der Waals surface area contributed by atoms with Crippen molar-refractivity contribution in [3.05, 3.63) is 94.1 Å². The van der Waals surface area contributed by atoms with E-state index in [0.29, 0.717) is 27.1 Å². The first kappa shape index (κ1) is 22.5. The molecule has 1 amide bonds. The van der Waals surface area contributed by atoms with Crippen molar-refractivity contribution in [1.29, 1.82) is 0 Å². The number of nitrogens with one attached hydrogen (secondary N) is 1. The fraction of sp³-hybridized carbons (Fsp3) is 0.0800. The number of amides is 1. The summed E-state index contributed by atoms with van der Waals surface area (Å²) < 4.78 is 10.9. The summed E-state index contributed by atoms with van der Waals surface area (Å²) in [5.41, 5.74) is 2.89. The van der Waals surface area contributed by atoms with Crippen LogP contribution in [-0.2, 0) is 4.79 Å². The number of hydrogen-bond donors (Lipinski definition) is 1. The summed E-state index contributed by atoms with van der Waals surface area (Å²) in [6.45, 7) is 1.92. The Hall–Kier alpha value is -3.68. The van der Waals surface area contributed by atoms with Gasteiger partial charge in [-0.3, -0.25) is 9.69 Å². The summed E-state index contributed by atoms with van der Waals surface area (Å²) in [4.78, 5) is 27.0. The van der Waals surface area contributed by atoms with Crippen LogP contribution in [0.2, 0.25) is 5.02 Å². The Bertz CT molecular complexity index is 1310. The van der Waals surface area contributed by atoms with Gasteiger partial charge >= 0.3 is 5.97 Å². The predicted molar refractivity (Wildman–Crippen MR) is 132 cm³/mol. The highest BCUT2D eigenvalue weighted by Gasteiger charge is 2.32. The van der Waals surface area contributed by atoms with Crippen molar-refractivity contribution in [2.24, 2.45) is 0 Å². The number of benzene rings is 3. The lowest BCUT2D eigenvalue weighted by atomic mass is 10.1. The second-order valence-corrected chi connectivity index (χ2v) is 7.99. The number of halogens is 1. The molecule has 1 fully saturated rings. The van der Waals surface area contributed by atoms with Crippen LogP contribution in [-0.4, -0.2) is 24.1 Å². The molecule has 1 aliphatic heterocycles. The average Bonchev–Trinajstić information content (AvgIpc) is 3.08. The van der Waals surface area contributed by atoms with Gasteiger partial charge in [0.05, 0.1) is 23.4 Å². The molecule has 6 nitrogen and oxygen atoms in total. The maximum atomic E-state index is 13.0. The van der Waals surface area contributed by atoms with Crippen LogP contribution in [0.4, 0.5) is 5.69 Å². The van der Waals surface area contributed by atoms with Crippen LogP contribution in [0.5, 0.6) is 11.5 Å². The lowest BCUT2D eigenvalue weighted by molar-refractivity contribution is -0.113. The molecular weight excluding hydrogens is 460 g/mol. The van der Waals surface area contributed by atoms with E-state index in [0.717, 1.165) is 11.3 Å². The van der Waals surface area contributed by atoms with Gasteiger partial charge in [0.15, 0.2) is 16.6 Å². The number of esters is 1. The minimum atomic E-state index is -0.600. The van der Waals surface area contributed by atoms with E-state index in [9.17, 15) is 9.59 Å². The Morgan fingerprint density at radius 3 is 2.52 bits per heavy atom. The topological polar surface area (TPSA) is 67.9 Å². The quantitative estimate of drug-likeness (QED) is 0.237. The fourth-order valence-electron chi connectivity index (χ4n) is 3.37. The number of para-hydroxylation sites is 1. The van der Waals surface area contributed by atoms with E-state index in [1.165, 1.54) is 12.0 Å². The SMILES string of the molecule is COc1cc(/C=C2\NC(=S)N(c3ccccc3C)C2=O)ccc1OC(=O)c1ccccc1Cl. The highest BCUT2D eigenvalue weighted by atomic mass is 35.5. The number of rotatable bonds is 5. The third-order valence-electron chi connectivity index (χ3n) is 5.03. The van der Waals surface area contributed by atoms with Crippen molar-refractivity contribution < 1.29 is 19.1 Å². The molecule has 0 aromatic heterocycles. The van der Waals surface area contributed by atoms with Gasteiger partial charge in [-0.15, -0.1) is 0 Å². The van der Waals surface area contributed by atoms with Crippen molar-refractivity contribution >= 4 is 52.6 Å². The molecule has 0 saturated carbocycles. The van der Waals surface area contributed by atoms with Crippen molar-refractivity contribution in [3.8, 4) is 11.5 Å². The molecule has 33 heavy (non-hydrogen) atoms. The van der Waals surface area contributed by atoms with E-state index in [1.54, 1.807) is 48.5 Å². The fourth-order valence-corrected chi connectivity index (χ4v) is 3.88. The highest BCUT2D eigenvalue weighted by molar-refractivity contribution is 7.80. The van der Waals surface area contributed by atoms with Crippen LogP contribution in [0.15, 0.2) is 72.4 Å². The summed E-state index contributed by atoms with van der Waals surface area (Å²) in [5.74, 6) is -0.305. The maximum Gasteiger partial charge on any atom is 0.345 e. The van der Waals surface area contributed by atoms with Gasteiger partial charge in [-0.25, -0.2) is 4.79 Å². The predicted octanol–water partition coefficient (Wildman–Crippen LogP) is 5.14. The van der Waals surface area contributed by atoms with Gasteiger partial charge in [0.1, 0.15) is 5.70 Å². The number of methoxy groups -OCH3 is 1. The van der Waals surface area contributed by atoms with Crippen LogP contribution in [0.3, 0.4) is 0 Å². The van der Waals surface area contributed by atoms with Crippen LogP contribution < -0.4 is 19.7 Å². The third kappa shape index (κ3) is 4.60. The summed E-state index contributed by atoms with van der Waals surface area (Å²) in [7, 11) is 1.47. The largest absolute Gasteiger partial charge is 0.493 e. The molecule has 0 bridgehead atoms. The van der Waals surface area contributed by atoms with Crippen LogP contribution in [0.25, 0.3) is 6.08 Å². The lowest BCUT2D eigenvalue weighted by Gasteiger charge is -2.16. The van der Waals surface area contributed by atoms with Gasteiger partial charge in [-0.05, 0) is 66.7 Å². The van der Waals surface area contributed by atoms with Crippen molar-refractivity contribution in [2.45, 2.75) is 6.92 Å². The van der Waals surface area contributed by atoms with Gasteiger partial charge < -0.3 is 14.8 Å². The van der Waals surface area contributed by atoms with E-state index < -0.39 is 5.97 Å². The molecule has 1 saturated heterocycles. The summed E-state index contributed by atoms with van der Waals surface area (Å²) in [6, 6.07) is 19.1. The van der Waals surface area contributed by atoms with Crippen LogP contribution in [0.1, 0.15) is 21.5 Å². The lowest BCUT2D eigenvalue weighted by Crippen LogP contribution is -2.30. The van der Waals surface area contributed by atoms with Crippen LogP contribution in [0, 0.1) is 6.92 Å². The van der Waals surface area contributed by atoms with E-state index in [2.05, 4.69) is 5.32 Å². The molecule has 3 aromatic carbocycles. The molecule has 8 heteroatoms. The number of thiocarbonyl (C=S) groups is 1. The molecule has 3 aromatic rings. The third-order valence-corrected chi connectivity index (χ3v) is 5.64. The molecule has 0 aliphatic carbocycles. The Balaban J connectivity index is 1.59. The van der Waals surface area contributed by atoms with Gasteiger partial charge in [-0.1, -0.05) is 48.0 Å². The average molecular weight is 479 g/mol. The molecule has 0 unspecified atom stereocenters. The Labute approximate surface area is 201 Å². The number of nitrogens with zero attached hydrogens (tertiary/aromatic N) is 1. The minimum Gasteiger partial charge on any atom is -0.493 e. The van der Waals surface area contributed by atoms with Crippen molar-refractivity contribution in [2.75, 3.05) is 12.0 Å². The molecule has 1 aliphatic rings. The molecule has 0 atom stereocenters. The number of ether oxygens (including phenoxy) is 2. The van der Waals surface area contributed by atoms with Gasteiger partial charge in [-0.2, -0.15) is 0 Å². The molecule has 1 N–H and O–H groups in total. The molecule has 166 valence electrons. The van der Waals surface area contributed by atoms with E-state index in [4.69, 9.17) is 33.3 Å². The second kappa shape index (κ2) is 9.44. The zero-order valence-electron chi connectivity index (χ0n) is 17.8. The number of anilines is 1. The summed E-state index contributed by atoms with van der Waals surface area (Å²) in [6.07, 6.45) is 1.66. The number of hydrogen-bond acceptors (Lipinski definition) is 5. The Morgan fingerprint density at radius 1 is 1.06 bits per heavy atom. The number of carbonyl (C=O) groups excluding carboxylic acids is 2. The Morgan fingerprint density at radius 2 is 1.79 bits per heavy atom. The zero-order valence-corrected chi connectivity index (χ0v) is 19.4. The van der Waals surface area contributed by atoms with E-state index in [-0.39, 0.29) is 17.2 Å². The second-order valence-electron chi connectivity index (χ2n) is 7.19. The van der Waals surface area contributed by atoms with Crippen LogP contribution >= 0.6 is 23.8 Å². The van der Waals surface area contributed by atoms with Gasteiger partial charge in [0.25, 0.3) is 5.91 Å².